The summed E-state index contributed by atoms with van der Waals surface area (Å²) in [6, 6.07) is 8.63. The zero-order chi connectivity index (χ0) is 15.9. The monoisotopic (exact) mass is 388 g/mol. The molecule has 0 saturated heterocycles. The number of rotatable bonds is 0. The van der Waals surface area contributed by atoms with E-state index in [-0.39, 0.29) is 0 Å². The first-order valence-electron chi connectivity index (χ1n) is 6.55. The predicted octanol–water partition coefficient (Wildman–Crippen LogP) is 6.01. The van der Waals surface area contributed by atoms with E-state index < -0.39 is 18.9 Å². The van der Waals surface area contributed by atoms with Crippen molar-refractivity contribution in [2.24, 2.45) is 0 Å². The van der Waals surface area contributed by atoms with Gasteiger partial charge in [-0.3, -0.25) is 0 Å². The number of hydrogen-bond acceptors (Lipinski definition) is 0. The third-order valence-corrected chi connectivity index (χ3v) is 3.53. The van der Waals surface area contributed by atoms with Crippen molar-refractivity contribution in [1.82, 2.24) is 0 Å². The normalized spacial score (nSPS) is 9.20. The molecule has 0 unspecified atom stereocenters. The van der Waals surface area contributed by atoms with E-state index in [4.69, 9.17) is 17.0 Å². The number of hydrogen-bond donors (Lipinski definition) is 0. The van der Waals surface area contributed by atoms with E-state index >= 15 is 0 Å². The van der Waals surface area contributed by atoms with Crippen molar-refractivity contribution < 1.29 is 18.9 Å². The Morgan fingerprint density at radius 2 is 1.05 bits per heavy atom. The van der Waals surface area contributed by atoms with Crippen molar-refractivity contribution >= 4 is 21.2 Å². The summed E-state index contributed by atoms with van der Waals surface area (Å²) in [5, 5.41) is 0. The van der Waals surface area contributed by atoms with E-state index in [1.807, 2.05) is 0 Å². The van der Waals surface area contributed by atoms with Gasteiger partial charge in [0.05, 0.1) is 0 Å². The fourth-order valence-corrected chi connectivity index (χ4v) is 1.62. The van der Waals surface area contributed by atoms with Gasteiger partial charge in [-0.25, -0.2) is 0 Å². The Bertz CT molecular complexity index is 460. The van der Waals surface area contributed by atoms with Crippen molar-refractivity contribution in [3.05, 3.63) is 57.6 Å². The van der Waals surface area contributed by atoms with Crippen LogP contribution in [0.15, 0.2) is 24.3 Å². The van der Waals surface area contributed by atoms with Crippen molar-refractivity contribution in [3.63, 3.8) is 0 Å². The minimum atomic E-state index is -1.85. The van der Waals surface area contributed by atoms with Crippen LogP contribution in [0, 0.1) is 41.5 Å². The van der Waals surface area contributed by atoms with Crippen LogP contribution in [-0.2, 0) is 18.9 Å². The van der Waals surface area contributed by atoms with Gasteiger partial charge in [-0.1, -0.05) is 41.5 Å². The van der Waals surface area contributed by atoms with E-state index in [2.05, 4.69) is 70.0 Å². The van der Waals surface area contributed by atoms with E-state index in [0.717, 1.165) is 0 Å². The first-order chi connectivity index (χ1) is 9.16. The summed E-state index contributed by atoms with van der Waals surface area (Å²) in [7, 11) is 10.3. The van der Waals surface area contributed by atoms with Crippen LogP contribution in [0.3, 0.4) is 0 Å². The first kappa shape index (κ1) is 20.0. The SMILES string of the molecule is Cc1c[cH-]c(C)c1C.Cc1c[cH-]c(C)c1C.[CH2]=[Zr]([Cl])[Cl]. The second-order valence-electron chi connectivity index (χ2n) is 4.99. The van der Waals surface area contributed by atoms with Gasteiger partial charge < -0.3 is 0 Å². The Labute approximate surface area is 138 Å². The van der Waals surface area contributed by atoms with E-state index in [1.165, 1.54) is 33.4 Å². The molecule has 0 bridgehead atoms. The molecule has 0 nitrogen and oxygen atoms in total. The molecule has 20 heavy (non-hydrogen) atoms. The molecular weight excluding hydrogens is 366 g/mol. The number of aryl methyl sites for hydroxylation is 4. The first-order valence-corrected chi connectivity index (χ1v) is 14.6. The maximum atomic E-state index is 5.13. The zero-order valence-electron chi connectivity index (χ0n) is 13.3. The van der Waals surface area contributed by atoms with Crippen LogP contribution in [0.1, 0.15) is 33.4 Å². The molecule has 0 saturated carbocycles. The summed E-state index contributed by atoms with van der Waals surface area (Å²) in [5.74, 6) is 0. The van der Waals surface area contributed by atoms with Gasteiger partial charge >= 0.3 is 40.1 Å². The molecule has 0 radical (unpaired) electrons. The average Bonchev–Trinajstić information content (AvgIpc) is 2.80. The third-order valence-electron chi connectivity index (χ3n) is 3.53. The Morgan fingerprint density at radius 1 is 0.800 bits per heavy atom. The molecule has 0 atom stereocenters. The van der Waals surface area contributed by atoms with Gasteiger partial charge in [-0.05, 0) is 0 Å². The molecule has 0 amide bonds. The topological polar surface area (TPSA) is 0 Å². The summed E-state index contributed by atoms with van der Waals surface area (Å²) in [6.45, 7) is 12.9. The molecule has 0 heterocycles. The molecule has 0 aliphatic carbocycles. The summed E-state index contributed by atoms with van der Waals surface area (Å²) in [5.41, 5.74) is 8.49. The van der Waals surface area contributed by atoms with Crippen LogP contribution in [0.5, 0.6) is 0 Å². The molecule has 0 N–H and O–H groups in total. The fourth-order valence-electron chi connectivity index (χ4n) is 1.62. The fraction of sp³-hybridized carbons (Fsp3) is 0.353. The predicted molar refractivity (Wildman–Crippen MR) is 91.3 cm³/mol. The van der Waals surface area contributed by atoms with Gasteiger partial charge in [0.2, 0.25) is 0 Å². The van der Waals surface area contributed by atoms with Gasteiger partial charge in [-0.2, -0.15) is 57.6 Å². The molecule has 2 aromatic carbocycles. The molecular formula is C17H24Cl2Zr-2. The van der Waals surface area contributed by atoms with Crippen LogP contribution in [0.25, 0.3) is 0 Å². The molecule has 0 aliphatic heterocycles. The summed E-state index contributed by atoms with van der Waals surface area (Å²) in [6.07, 6.45) is 0. The van der Waals surface area contributed by atoms with Crippen LogP contribution in [0.4, 0.5) is 0 Å². The molecule has 112 valence electrons. The number of halogens is 2. The molecule has 3 heteroatoms. The molecule has 0 aromatic heterocycles. The van der Waals surface area contributed by atoms with Crippen LogP contribution in [-0.4, -0.2) is 4.21 Å². The Kier molecular flexibility index (Phi) is 9.89. The maximum absolute atomic E-state index is 5.13. The van der Waals surface area contributed by atoms with Gasteiger partial charge in [0.1, 0.15) is 0 Å². The van der Waals surface area contributed by atoms with Gasteiger partial charge in [0.15, 0.2) is 0 Å². The molecule has 2 rings (SSSR count). The van der Waals surface area contributed by atoms with Gasteiger partial charge in [-0.15, -0.1) is 0 Å². The second-order valence-corrected chi connectivity index (χ2v) is 13.2. The van der Waals surface area contributed by atoms with Crippen molar-refractivity contribution in [2.75, 3.05) is 0 Å². The molecule has 2 aromatic rings. The quantitative estimate of drug-likeness (QED) is 0.484. The van der Waals surface area contributed by atoms with Gasteiger partial charge in [0, 0.05) is 0 Å². The summed E-state index contributed by atoms with van der Waals surface area (Å²) in [4.78, 5) is 0. The van der Waals surface area contributed by atoms with E-state index in [9.17, 15) is 0 Å². The van der Waals surface area contributed by atoms with Crippen molar-refractivity contribution in [3.8, 4) is 0 Å². The van der Waals surface area contributed by atoms with E-state index in [0.29, 0.717) is 0 Å². The summed E-state index contributed by atoms with van der Waals surface area (Å²) < 4.78 is 3.37. The molecule has 0 fully saturated rings. The molecule has 0 spiro atoms. The van der Waals surface area contributed by atoms with Crippen LogP contribution >= 0.6 is 17.0 Å². The zero-order valence-corrected chi connectivity index (χ0v) is 17.2. The van der Waals surface area contributed by atoms with Crippen LogP contribution in [0.2, 0.25) is 0 Å². The Morgan fingerprint density at radius 3 is 1.10 bits per heavy atom. The van der Waals surface area contributed by atoms with Gasteiger partial charge in [0.25, 0.3) is 0 Å². The second kappa shape index (κ2) is 9.88. The van der Waals surface area contributed by atoms with E-state index in [1.54, 1.807) is 0 Å². The average molecular weight is 391 g/mol. The molecule has 0 aliphatic rings. The minimum absolute atomic E-state index is 1.41. The summed E-state index contributed by atoms with van der Waals surface area (Å²) >= 11 is -1.85. The van der Waals surface area contributed by atoms with Crippen molar-refractivity contribution in [2.45, 2.75) is 41.5 Å². The Hall–Kier alpha value is 0.0331. The standard InChI is InChI=1S/2C8H11.CH2.2ClH.Zr/c2*1-6-4-5-7(2)8(6)3;;;;/h2*4-5H,1-3H3;1H2;2*1H;/q2*-1;;;;+2/p-2. The van der Waals surface area contributed by atoms with Crippen molar-refractivity contribution in [1.29, 1.82) is 0 Å². The third kappa shape index (κ3) is 7.72. The van der Waals surface area contributed by atoms with Crippen LogP contribution < -0.4 is 0 Å². The Balaban J connectivity index is 0.000000289.